The normalized spacial score (nSPS) is 13.6. The number of fused-ring (bicyclic) bond motifs is 1. The molecule has 1 aliphatic rings. The molecule has 0 fully saturated rings. The number of hydrogen-bond acceptors (Lipinski definition) is 6. The van der Waals surface area contributed by atoms with Crippen LogP contribution in [0, 0.1) is 0 Å². The Labute approximate surface area is 249 Å². The minimum absolute atomic E-state index is 0. The lowest BCUT2D eigenvalue weighted by molar-refractivity contribution is -0.683. The Balaban J connectivity index is 0.00000616. The van der Waals surface area contributed by atoms with E-state index in [1.54, 1.807) is 21.5 Å². The number of rotatable bonds is 12. The molecule has 0 saturated carbocycles. The highest BCUT2D eigenvalue weighted by Gasteiger charge is 2.39. The van der Waals surface area contributed by atoms with Crippen molar-refractivity contribution in [2.24, 2.45) is 10.2 Å². The number of hydrogen-bond donors (Lipinski definition) is 2. The van der Waals surface area contributed by atoms with Crippen molar-refractivity contribution >= 4 is 34.8 Å². The number of alkyl halides is 6. The van der Waals surface area contributed by atoms with Gasteiger partial charge in [0.15, 0.2) is 0 Å². The van der Waals surface area contributed by atoms with E-state index in [0.717, 1.165) is 37.6 Å². The average Bonchev–Trinajstić information content (AvgIpc) is 3.31. The molecule has 0 unspecified atom stereocenters. The Morgan fingerprint density at radius 3 is 2.02 bits per heavy atom. The summed E-state index contributed by atoms with van der Waals surface area (Å²) in [5, 5.41) is 12.4. The summed E-state index contributed by atoms with van der Waals surface area (Å²) < 4.78 is 77.9. The molecular weight excluding hydrogens is 638 g/mol. The third kappa shape index (κ3) is 9.32. The predicted octanol–water partition coefficient (Wildman–Crippen LogP) is 0.998. The van der Waals surface area contributed by atoms with Crippen LogP contribution in [0.15, 0.2) is 40.8 Å². The number of imidazole rings is 1. The number of halogens is 7. The van der Waals surface area contributed by atoms with Crippen molar-refractivity contribution in [1.29, 1.82) is 0 Å². The molecule has 1 aromatic heterocycles. The molecule has 1 aromatic carbocycles. The third-order valence-electron chi connectivity index (χ3n) is 6.48. The maximum absolute atomic E-state index is 12.4. The highest BCUT2D eigenvalue weighted by molar-refractivity contribution is 5.82. The molecule has 0 bridgehead atoms. The van der Waals surface area contributed by atoms with E-state index in [4.69, 9.17) is 0 Å². The fraction of sp³-hybridized carbons (Fsp3) is 0.560. The molecule has 2 amide bonds. The maximum atomic E-state index is 12.4. The lowest BCUT2D eigenvalue weighted by Crippen LogP contribution is -3.00. The highest BCUT2D eigenvalue weighted by Crippen LogP contribution is 2.36. The molecule has 1 aliphatic heterocycles. The second-order valence-corrected chi connectivity index (χ2v) is 9.23. The van der Waals surface area contributed by atoms with Crippen molar-refractivity contribution in [3.8, 4) is 0 Å². The van der Waals surface area contributed by atoms with Crippen LogP contribution < -0.4 is 42.0 Å². The average molecular weight is 671 g/mol. The van der Waals surface area contributed by atoms with E-state index in [9.17, 15) is 35.9 Å². The minimum Gasteiger partial charge on any atom is -1.00 e. The summed E-state index contributed by atoms with van der Waals surface area (Å²) in [7, 11) is 0. The zero-order chi connectivity index (χ0) is 30.2. The first-order chi connectivity index (χ1) is 19.3. The summed E-state index contributed by atoms with van der Waals surface area (Å²) in [5.74, 6) is -3.76. The van der Waals surface area contributed by atoms with E-state index >= 15 is 0 Å². The van der Waals surface area contributed by atoms with Gasteiger partial charge in [0.25, 0.3) is 0 Å². The predicted molar refractivity (Wildman–Crippen MR) is 138 cm³/mol. The molecule has 10 nitrogen and oxygen atoms in total. The Bertz CT molecular complexity index is 1180. The first kappa shape index (κ1) is 34.8. The molecule has 0 spiro atoms. The van der Waals surface area contributed by atoms with Crippen LogP contribution in [-0.2, 0) is 22.7 Å². The number of likely N-dealkylation sites (N-methyl/N-ethyl adjacent to an activating group) is 2. The molecular formula is C25H33BrF6N8O2. The van der Waals surface area contributed by atoms with Crippen molar-refractivity contribution in [2.75, 3.05) is 49.1 Å². The Morgan fingerprint density at radius 1 is 0.881 bits per heavy atom. The second kappa shape index (κ2) is 15.2. The van der Waals surface area contributed by atoms with Crippen LogP contribution in [0.3, 0.4) is 0 Å². The van der Waals surface area contributed by atoms with Gasteiger partial charge < -0.3 is 37.4 Å². The molecule has 2 heterocycles. The number of benzene rings is 1. The van der Waals surface area contributed by atoms with E-state index in [0.29, 0.717) is 11.6 Å². The van der Waals surface area contributed by atoms with Gasteiger partial charge >= 0.3 is 30.1 Å². The molecule has 42 heavy (non-hydrogen) atoms. The number of nitrogens with zero attached hydrogens (tertiary/aromatic N) is 6. The maximum Gasteiger partial charge on any atom is 0.471 e. The van der Waals surface area contributed by atoms with Crippen LogP contribution >= 0.6 is 0 Å². The number of azo groups is 1. The first-order valence-corrected chi connectivity index (χ1v) is 13.2. The Morgan fingerprint density at radius 2 is 1.45 bits per heavy atom. The number of anilines is 2. The van der Waals surface area contributed by atoms with Crippen LogP contribution in [0.4, 0.5) is 49.4 Å². The number of aromatic nitrogens is 2. The summed E-state index contributed by atoms with van der Waals surface area (Å²) in [6, 6.07) is 5.71. The van der Waals surface area contributed by atoms with E-state index in [1.165, 1.54) is 0 Å². The quantitative estimate of drug-likeness (QED) is 0.152. The largest absolute Gasteiger partial charge is 1.00 e. The smallest absolute Gasteiger partial charge is 0.471 e. The number of carbonyl (C=O) groups is 2. The molecule has 0 atom stereocenters. The molecule has 3 rings (SSSR count). The monoisotopic (exact) mass is 670 g/mol. The molecule has 2 aromatic rings. The SMILES string of the molecule is CCN1CCN(CC)c2cc(/N=N/c3n(CCCNC(=O)C(F)(F)F)cc[n+]3CCCNC(=O)C(F)(F)F)ccc21.[Br-]. The summed E-state index contributed by atoms with van der Waals surface area (Å²) >= 11 is 0. The van der Waals surface area contributed by atoms with Crippen molar-refractivity contribution in [1.82, 2.24) is 15.2 Å². The highest BCUT2D eigenvalue weighted by atomic mass is 79.9. The standard InChI is InChI=1S/C25H32F6N8O2.BrH/c1-3-36-13-14-37(4-2)20-17-18(7-8-19(20)36)34-35-23-38(11-5-9-32-21(40)24(26,27)28)15-16-39(23)12-6-10-33-22(41)25(29,30)31;/h7-8,15-17H,3-6,9-14H2,1-2H3,(H-,32,33,40,41);1H. The van der Waals surface area contributed by atoms with Gasteiger partial charge in [0.1, 0.15) is 5.69 Å². The van der Waals surface area contributed by atoms with Crippen LogP contribution in [0.5, 0.6) is 0 Å². The fourth-order valence-corrected chi connectivity index (χ4v) is 4.36. The number of aryl methyl sites for hydroxylation is 2. The van der Waals surface area contributed by atoms with Gasteiger partial charge in [-0.05, 0) is 44.9 Å². The van der Waals surface area contributed by atoms with Crippen molar-refractivity contribution in [2.45, 2.75) is 52.1 Å². The molecule has 0 radical (unpaired) electrons. The van der Waals surface area contributed by atoms with Gasteiger partial charge in [-0.1, -0.05) is 5.11 Å². The van der Waals surface area contributed by atoms with Gasteiger partial charge in [0.2, 0.25) is 0 Å². The molecule has 0 saturated heterocycles. The number of nitrogens with one attached hydrogen (secondary N) is 2. The summed E-state index contributed by atoms with van der Waals surface area (Å²) in [6.45, 7) is 7.46. The van der Waals surface area contributed by atoms with E-state index in [2.05, 4.69) is 33.9 Å². The number of carbonyl (C=O) groups excluding carboxylic acids is 2. The topological polar surface area (TPSA) is 98.2 Å². The van der Waals surface area contributed by atoms with E-state index in [1.807, 2.05) is 28.8 Å². The Kier molecular flexibility index (Phi) is 12.6. The fourth-order valence-electron chi connectivity index (χ4n) is 4.36. The minimum atomic E-state index is -4.98. The summed E-state index contributed by atoms with van der Waals surface area (Å²) in [6.07, 6.45) is -6.44. The van der Waals surface area contributed by atoms with Crippen molar-refractivity contribution < 1.29 is 57.5 Å². The Hall–Kier alpha value is -3.37. The molecule has 17 heteroatoms. The van der Waals surface area contributed by atoms with Gasteiger partial charge in [-0.3, -0.25) is 9.59 Å². The molecule has 2 N–H and O–H groups in total. The van der Waals surface area contributed by atoms with Gasteiger partial charge in [0, 0.05) is 44.4 Å². The van der Waals surface area contributed by atoms with Crippen LogP contribution in [0.1, 0.15) is 26.7 Å². The first-order valence-electron chi connectivity index (χ1n) is 13.2. The number of amides is 2. The molecule has 234 valence electrons. The van der Waals surface area contributed by atoms with Gasteiger partial charge in [0.05, 0.1) is 36.9 Å². The lowest BCUT2D eigenvalue weighted by Gasteiger charge is -2.38. The van der Waals surface area contributed by atoms with Gasteiger partial charge in [-0.15, -0.1) is 0 Å². The zero-order valence-electron chi connectivity index (χ0n) is 23.1. The van der Waals surface area contributed by atoms with E-state index in [-0.39, 0.29) is 56.0 Å². The van der Waals surface area contributed by atoms with Gasteiger partial charge in [-0.2, -0.15) is 26.3 Å². The second-order valence-electron chi connectivity index (χ2n) is 9.23. The third-order valence-corrected chi connectivity index (χ3v) is 6.48. The van der Waals surface area contributed by atoms with Crippen LogP contribution in [0.25, 0.3) is 0 Å². The van der Waals surface area contributed by atoms with Crippen molar-refractivity contribution in [3.05, 3.63) is 30.6 Å². The summed E-state index contributed by atoms with van der Waals surface area (Å²) in [4.78, 5) is 26.6. The van der Waals surface area contributed by atoms with Crippen molar-refractivity contribution in [3.63, 3.8) is 0 Å². The lowest BCUT2D eigenvalue weighted by atomic mass is 10.1. The molecule has 0 aliphatic carbocycles. The van der Waals surface area contributed by atoms with E-state index < -0.39 is 24.2 Å². The van der Waals surface area contributed by atoms with Crippen LogP contribution in [0.2, 0.25) is 0 Å². The zero-order valence-corrected chi connectivity index (χ0v) is 24.7. The van der Waals surface area contributed by atoms with Crippen LogP contribution in [-0.4, -0.2) is 68.0 Å². The summed E-state index contributed by atoms with van der Waals surface area (Å²) in [5.41, 5.74) is 2.66. The van der Waals surface area contributed by atoms with Gasteiger partial charge in [-0.25, -0.2) is 9.13 Å².